The zero-order valence-electron chi connectivity index (χ0n) is 11.1. The summed E-state index contributed by atoms with van der Waals surface area (Å²) >= 11 is 9.12. The summed E-state index contributed by atoms with van der Waals surface area (Å²) in [5.41, 5.74) is 3.00. The Morgan fingerprint density at radius 3 is 2.76 bits per heavy atom. The van der Waals surface area contributed by atoms with Crippen LogP contribution in [0.1, 0.15) is 17.2 Å². The molecule has 2 heterocycles. The lowest BCUT2D eigenvalue weighted by Crippen LogP contribution is -2.06. The largest absolute Gasteiger partial charge is 0.321 e. The van der Waals surface area contributed by atoms with Gasteiger partial charge in [0.15, 0.2) is 0 Å². The number of hydrogen-bond donors (Lipinski definition) is 0. The second-order valence-electron chi connectivity index (χ2n) is 4.65. The maximum Gasteiger partial charge on any atom is 0.139 e. The van der Waals surface area contributed by atoms with Crippen LogP contribution < -0.4 is 0 Å². The van der Waals surface area contributed by atoms with Gasteiger partial charge < -0.3 is 4.57 Å². The summed E-state index contributed by atoms with van der Waals surface area (Å²) in [4.78, 5) is 13.0. The van der Waals surface area contributed by atoms with Crippen LogP contribution in [0.15, 0.2) is 29.0 Å². The Balaban J connectivity index is 2.11. The third-order valence-electron chi connectivity index (χ3n) is 3.14. The van der Waals surface area contributed by atoms with Crippen LogP contribution in [0.4, 0.5) is 4.39 Å². The van der Waals surface area contributed by atoms with Crippen molar-refractivity contribution in [2.24, 2.45) is 0 Å². The van der Waals surface area contributed by atoms with E-state index in [1.165, 1.54) is 6.07 Å². The molecule has 1 aromatic carbocycles. The van der Waals surface area contributed by atoms with E-state index in [1.807, 2.05) is 11.5 Å². The van der Waals surface area contributed by atoms with Crippen LogP contribution in [0, 0.1) is 12.7 Å². The predicted octanol–water partition coefficient (Wildman–Crippen LogP) is 3.82. The van der Waals surface area contributed by atoms with Crippen LogP contribution in [-0.2, 0) is 12.4 Å². The van der Waals surface area contributed by atoms with E-state index in [9.17, 15) is 4.39 Å². The molecule has 2 aromatic heterocycles. The molecule has 4 nitrogen and oxygen atoms in total. The standard InChI is InChI=1S/C14H11BrClFN4/c1-8-5-19-9(6-18-8)7-21-13-3-11(17)10(15)2-12(13)20-14(21)4-16/h2-3,5-6H,4,7H2,1H3. The molecule has 0 saturated carbocycles. The first-order chi connectivity index (χ1) is 10.1. The number of nitrogens with zero attached hydrogens (tertiary/aromatic N) is 4. The van der Waals surface area contributed by atoms with Crippen molar-refractivity contribution in [3.05, 3.63) is 52.0 Å². The van der Waals surface area contributed by atoms with Gasteiger partial charge in [-0.2, -0.15) is 0 Å². The topological polar surface area (TPSA) is 43.6 Å². The minimum atomic E-state index is -0.334. The molecule has 0 atom stereocenters. The molecule has 0 N–H and O–H groups in total. The van der Waals surface area contributed by atoms with Gasteiger partial charge in [-0.3, -0.25) is 9.97 Å². The van der Waals surface area contributed by atoms with E-state index in [2.05, 4.69) is 30.9 Å². The van der Waals surface area contributed by atoms with E-state index in [-0.39, 0.29) is 11.7 Å². The highest BCUT2D eigenvalue weighted by molar-refractivity contribution is 9.10. The van der Waals surface area contributed by atoms with Gasteiger partial charge in [0.05, 0.1) is 45.5 Å². The van der Waals surface area contributed by atoms with Crippen LogP contribution in [-0.4, -0.2) is 19.5 Å². The summed E-state index contributed by atoms with van der Waals surface area (Å²) in [6.07, 6.45) is 3.40. The minimum absolute atomic E-state index is 0.243. The van der Waals surface area contributed by atoms with Gasteiger partial charge in [-0.25, -0.2) is 9.37 Å². The molecule has 0 amide bonds. The number of benzene rings is 1. The summed E-state index contributed by atoms with van der Waals surface area (Å²) < 4.78 is 16.0. The van der Waals surface area contributed by atoms with E-state index < -0.39 is 0 Å². The normalized spacial score (nSPS) is 11.2. The minimum Gasteiger partial charge on any atom is -0.321 e. The number of aryl methyl sites for hydroxylation is 1. The fraction of sp³-hybridized carbons (Fsp3) is 0.214. The van der Waals surface area contributed by atoms with E-state index in [1.54, 1.807) is 18.5 Å². The highest BCUT2D eigenvalue weighted by Gasteiger charge is 2.13. The molecule has 0 radical (unpaired) electrons. The van der Waals surface area contributed by atoms with E-state index >= 15 is 0 Å². The molecule has 3 rings (SSSR count). The second kappa shape index (κ2) is 5.69. The van der Waals surface area contributed by atoms with Gasteiger partial charge in [0.1, 0.15) is 11.6 Å². The summed E-state index contributed by atoms with van der Waals surface area (Å²) in [5.74, 6) is 0.582. The van der Waals surface area contributed by atoms with Crippen molar-refractivity contribution in [1.29, 1.82) is 0 Å². The van der Waals surface area contributed by atoms with Gasteiger partial charge in [-0.05, 0) is 28.9 Å². The number of hydrogen-bond acceptors (Lipinski definition) is 3. The Morgan fingerprint density at radius 2 is 2.10 bits per heavy atom. The molecule has 0 spiro atoms. The van der Waals surface area contributed by atoms with Gasteiger partial charge in [0, 0.05) is 12.3 Å². The third-order valence-corrected chi connectivity index (χ3v) is 3.99. The fourth-order valence-electron chi connectivity index (χ4n) is 2.11. The number of rotatable bonds is 3. The molecule has 7 heteroatoms. The Kier molecular flexibility index (Phi) is 3.91. The van der Waals surface area contributed by atoms with E-state index in [0.717, 1.165) is 11.4 Å². The first-order valence-corrected chi connectivity index (χ1v) is 7.59. The zero-order chi connectivity index (χ0) is 15.0. The first kappa shape index (κ1) is 14.4. The SMILES string of the molecule is Cc1cnc(Cn2c(CCl)nc3cc(Br)c(F)cc32)cn1. The van der Waals surface area contributed by atoms with E-state index in [4.69, 9.17) is 11.6 Å². The number of halogens is 3. The smallest absolute Gasteiger partial charge is 0.139 e. The molecule has 21 heavy (non-hydrogen) atoms. The molecule has 108 valence electrons. The molecule has 3 aromatic rings. The average Bonchev–Trinajstić information content (AvgIpc) is 2.79. The lowest BCUT2D eigenvalue weighted by atomic mass is 10.3. The first-order valence-electron chi connectivity index (χ1n) is 6.26. The molecule has 0 aliphatic heterocycles. The number of aromatic nitrogens is 4. The van der Waals surface area contributed by atoms with Gasteiger partial charge in [-0.15, -0.1) is 11.6 Å². The van der Waals surface area contributed by atoms with Crippen molar-refractivity contribution in [3.63, 3.8) is 0 Å². The maximum absolute atomic E-state index is 13.8. The Bertz CT molecular complexity index is 801. The summed E-state index contributed by atoms with van der Waals surface area (Å²) in [7, 11) is 0. The quantitative estimate of drug-likeness (QED) is 0.659. The summed E-state index contributed by atoms with van der Waals surface area (Å²) in [6.45, 7) is 2.33. The van der Waals surface area contributed by atoms with Gasteiger partial charge >= 0.3 is 0 Å². The number of alkyl halides is 1. The van der Waals surface area contributed by atoms with Crippen LogP contribution in [0.2, 0.25) is 0 Å². The van der Waals surface area contributed by atoms with Gasteiger partial charge in [0.25, 0.3) is 0 Å². The Labute approximate surface area is 134 Å². The van der Waals surface area contributed by atoms with Gasteiger partial charge in [0.2, 0.25) is 0 Å². The molecule has 0 fully saturated rings. The van der Waals surface area contributed by atoms with Crippen LogP contribution in [0.25, 0.3) is 11.0 Å². The highest BCUT2D eigenvalue weighted by Crippen LogP contribution is 2.25. The van der Waals surface area contributed by atoms with Crippen molar-refractivity contribution in [2.75, 3.05) is 0 Å². The fourth-order valence-corrected chi connectivity index (χ4v) is 2.65. The van der Waals surface area contributed by atoms with Crippen LogP contribution in [0.5, 0.6) is 0 Å². The number of fused-ring (bicyclic) bond motifs is 1. The number of imidazole rings is 1. The molecule has 0 aliphatic carbocycles. The van der Waals surface area contributed by atoms with Crippen molar-refractivity contribution < 1.29 is 4.39 Å². The molecule has 0 aliphatic rings. The molecule has 0 saturated heterocycles. The average molecular weight is 370 g/mol. The molecule has 0 unspecified atom stereocenters. The van der Waals surface area contributed by atoms with Crippen molar-refractivity contribution in [3.8, 4) is 0 Å². The lowest BCUT2D eigenvalue weighted by Gasteiger charge is -2.07. The predicted molar refractivity (Wildman–Crippen MR) is 82.8 cm³/mol. The second-order valence-corrected chi connectivity index (χ2v) is 5.77. The molecule has 0 bridgehead atoms. The van der Waals surface area contributed by atoms with Gasteiger partial charge in [-0.1, -0.05) is 0 Å². The van der Waals surface area contributed by atoms with Crippen molar-refractivity contribution in [1.82, 2.24) is 19.5 Å². The Hall–Kier alpha value is -1.53. The highest BCUT2D eigenvalue weighted by atomic mass is 79.9. The van der Waals surface area contributed by atoms with Crippen LogP contribution >= 0.6 is 27.5 Å². The van der Waals surface area contributed by atoms with Crippen molar-refractivity contribution >= 4 is 38.6 Å². The van der Waals surface area contributed by atoms with Crippen molar-refractivity contribution in [2.45, 2.75) is 19.3 Å². The zero-order valence-corrected chi connectivity index (χ0v) is 13.5. The lowest BCUT2D eigenvalue weighted by molar-refractivity contribution is 0.621. The summed E-state index contributed by atoms with van der Waals surface area (Å²) in [6, 6.07) is 3.10. The molecular weight excluding hydrogens is 359 g/mol. The Morgan fingerprint density at radius 1 is 1.29 bits per heavy atom. The summed E-state index contributed by atoms with van der Waals surface area (Å²) in [5, 5.41) is 0. The third kappa shape index (κ3) is 2.78. The van der Waals surface area contributed by atoms with Crippen LogP contribution in [0.3, 0.4) is 0 Å². The maximum atomic E-state index is 13.8. The molecular formula is C14H11BrClFN4. The monoisotopic (exact) mass is 368 g/mol. The van der Waals surface area contributed by atoms with E-state index in [0.29, 0.717) is 27.9 Å².